The summed E-state index contributed by atoms with van der Waals surface area (Å²) in [5.74, 6) is -1.37. The van der Waals surface area contributed by atoms with E-state index >= 15 is 0 Å². The van der Waals surface area contributed by atoms with Crippen LogP contribution >= 0.6 is 0 Å². The quantitative estimate of drug-likeness (QED) is 0.566. The van der Waals surface area contributed by atoms with Crippen LogP contribution in [-0.4, -0.2) is 31.2 Å². The largest absolute Gasteiger partial charge is 0.507 e. The molecule has 2 N–H and O–H groups in total. The molecule has 0 aromatic heterocycles. The van der Waals surface area contributed by atoms with Gasteiger partial charge in [-0.1, -0.05) is 0 Å². The molecule has 1 aromatic rings. The lowest BCUT2D eigenvalue weighted by Gasteiger charge is -2.03. The number of rotatable bonds is 2. The number of hydrogen-bond donors (Lipinski definition) is 2. The van der Waals surface area contributed by atoms with Crippen LogP contribution in [0.3, 0.4) is 0 Å². The molecule has 0 aliphatic carbocycles. The highest BCUT2D eigenvalue weighted by Crippen LogP contribution is 2.22. The van der Waals surface area contributed by atoms with Crippen molar-refractivity contribution in [3.8, 4) is 5.75 Å². The van der Waals surface area contributed by atoms with Crippen molar-refractivity contribution in [2.45, 2.75) is 4.90 Å². The number of aromatic hydroxyl groups is 1. The third kappa shape index (κ3) is 2.45. The van der Waals surface area contributed by atoms with Crippen LogP contribution in [0, 0.1) is 0 Å². The van der Waals surface area contributed by atoms with Gasteiger partial charge < -0.3 is 9.84 Å². The molecule has 0 amide bonds. The van der Waals surface area contributed by atoms with Crippen LogP contribution in [0.2, 0.25) is 0 Å². The number of esters is 1. The lowest BCUT2D eigenvalue weighted by atomic mass is 10.2. The zero-order chi connectivity index (χ0) is 11.6. The summed E-state index contributed by atoms with van der Waals surface area (Å²) in [6.45, 7) is 0. The van der Waals surface area contributed by atoms with Crippen LogP contribution in [-0.2, 0) is 14.9 Å². The molecule has 0 atom stereocenters. The highest BCUT2D eigenvalue weighted by Gasteiger charge is 2.16. The Morgan fingerprint density at radius 3 is 2.40 bits per heavy atom. The van der Waals surface area contributed by atoms with Crippen LogP contribution in [0.5, 0.6) is 5.75 Å². The van der Waals surface area contributed by atoms with E-state index in [0.717, 1.165) is 25.3 Å². The van der Waals surface area contributed by atoms with Crippen molar-refractivity contribution in [3.05, 3.63) is 23.8 Å². The smallest absolute Gasteiger partial charge is 0.341 e. The van der Waals surface area contributed by atoms with Gasteiger partial charge in [0.1, 0.15) is 11.3 Å². The second-order valence-electron chi connectivity index (χ2n) is 2.65. The van der Waals surface area contributed by atoms with Crippen molar-refractivity contribution >= 4 is 16.1 Å². The third-order valence-electron chi connectivity index (χ3n) is 1.67. The van der Waals surface area contributed by atoms with Crippen LogP contribution in [0.4, 0.5) is 0 Å². The molecule has 0 aliphatic heterocycles. The summed E-state index contributed by atoms with van der Waals surface area (Å²) in [7, 11) is -3.26. The molecule has 0 saturated carbocycles. The van der Waals surface area contributed by atoms with E-state index in [-0.39, 0.29) is 5.56 Å². The van der Waals surface area contributed by atoms with E-state index in [1.807, 2.05) is 0 Å². The van der Waals surface area contributed by atoms with E-state index in [0.29, 0.717) is 0 Å². The number of carbonyl (C=O) groups is 1. The Bertz CT molecular complexity index is 490. The summed E-state index contributed by atoms with van der Waals surface area (Å²) in [6, 6.07) is 2.80. The standard InChI is InChI=1S/C8H8O6S/c1-14-8(10)6-3-2-5(4-7(6)9)15(11,12)13/h2-4,9H,1H3,(H,11,12,13). The first-order chi connectivity index (χ1) is 6.86. The molecule has 1 rings (SSSR count). The summed E-state index contributed by atoms with van der Waals surface area (Å²) in [4.78, 5) is 10.5. The summed E-state index contributed by atoms with van der Waals surface area (Å²) in [5, 5.41) is 9.28. The first-order valence-electron chi connectivity index (χ1n) is 3.75. The van der Waals surface area contributed by atoms with E-state index in [1.54, 1.807) is 0 Å². The van der Waals surface area contributed by atoms with Gasteiger partial charge in [0.05, 0.1) is 12.0 Å². The van der Waals surface area contributed by atoms with Crippen LogP contribution in [0.15, 0.2) is 23.1 Å². The monoisotopic (exact) mass is 232 g/mol. The molecule has 0 spiro atoms. The van der Waals surface area contributed by atoms with Crippen molar-refractivity contribution in [2.24, 2.45) is 0 Å². The maximum absolute atomic E-state index is 11.0. The van der Waals surface area contributed by atoms with E-state index in [4.69, 9.17) is 4.55 Å². The van der Waals surface area contributed by atoms with Crippen molar-refractivity contribution in [1.82, 2.24) is 0 Å². The van der Waals surface area contributed by atoms with Crippen molar-refractivity contribution in [1.29, 1.82) is 0 Å². The lowest BCUT2D eigenvalue weighted by Crippen LogP contribution is -2.03. The van der Waals surface area contributed by atoms with E-state index in [1.165, 1.54) is 0 Å². The van der Waals surface area contributed by atoms with Gasteiger partial charge in [0.25, 0.3) is 10.1 Å². The number of benzene rings is 1. The van der Waals surface area contributed by atoms with Gasteiger partial charge >= 0.3 is 5.97 Å². The molecule has 0 bridgehead atoms. The predicted molar refractivity (Wildman–Crippen MR) is 49.3 cm³/mol. The summed E-state index contributed by atoms with van der Waals surface area (Å²) >= 11 is 0. The second kappa shape index (κ2) is 3.87. The van der Waals surface area contributed by atoms with Crippen LogP contribution in [0.25, 0.3) is 0 Å². The van der Waals surface area contributed by atoms with Crippen LogP contribution in [0.1, 0.15) is 10.4 Å². The highest BCUT2D eigenvalue weighted by atomic mass is 32.2. The van der Waals surface area contributed by atoms with E-state index in [2.05, 4.69) is 4.74 Å². The number of phenolic OH excluding ortho intramolecular Hbond substituents is 1. The average Bonchev–Trinajstić information content (AvgIpc) is 2.15. The number of phenols is 1. The molecule has 0 saturated heterocycles. The molecule has 7 heteroatoms. The Balaban J connectivity index is 3.27. The average molecular weight is 232 g/mol. The van der Waals surface area contributed by atoms with E-state index < -0.39 is 26.7 Å². The maximum atomic E-state index is 11.0. The van der Waals surface area contributed by atoms with Crippen molar-refractivity contribution < 1.29 is 27.6 Å². The Labute approximate surface area is 85.9 Å². The minimum atomic E-state index is -4.39. The molecule has 6 nitrogen and oxygen atoms in total. The highest BCUT2D eigenvalue weighted by molar-refractivity contribution is 7.85. The molecule has 15 heavy (non-hydrogen) atoms. The van der Waals surface area contributed by atoms with E-state index in [9.17, 15) is 18.3 Å². The fraction of sp³-hybridized carbons (Fsp3) is 0.125. The number of ether oxygens (including phenoxy) is 1. The molecule has 0 heterocycles. The molecule has 0 unspecified atom stereocenters. The Kier molecular flexibility index (Phi) is 2.96. The molecule has 0 aliphatic rings. The van der Waals surface area contributed by atoms with Gasteiger partial charge in [-0.15, -0.1) is 0 Å². The molecular formula is C8H8O6S. The number of methoxy groups -OCH3 is 1. The fourth-order valence-electron chi connectivity index (χ4n) is 0.954. The first kappa shape index (κ1) is 11.5. The minimum absolute atomic E-state index is 0.176. The fourth-order valence-corrected chi connectivity index (χ4v) is 1.46. The molecular weight excluding hydrogens is 224 g/mol. The minimum Gasteiger partial charge on any atom is -0.507 e. The summed E-state index contributed by atoms with van der Waals surface area (Å²) < 4.78 is 34.3. The SMILES string of the molecule is COC(=O)c1ccc(S(=O)(=O)O)cc1O. The molecule has 0 radical (unpaired) electrons. The predicted octanol–water partition coefficient (Wildman–Crippen LogP) is 0.426. The number of hydrogen-bond acceptors (Lipinski definition) is 5. The maximum Gasteiger partial charge on any atom is 0.341 e. The van der Waals surface area contributed by atoms with Crippen LogP contribution < -0.4 is 0 Å². The Morgan fingerprint density at radius 2 is 2.00 bits per heavy atom. The van der Waals surface area contributed by atoms with Gasteiger partial charge in [0, 0.05) is 6.07 Å². The third-order valence-corrected chi connectivity index (χ3v) is 2.52. The first-order valence-corrected chi connectivity index (χ1v) is 5.19. The lowest BCUT2D eigenvalue weighted by molar-refractivity contribution is 0.0597. The summed E-state index contributed by atoms with van der Waals surface area (Å²) in [5.41, 5.74) is -0.176. The second-order valence-corrected chi connectivity index (χ2v) is 4.07. The summed E-state index contributed by atoms with van der Waals surface area (Å²) in [6.07, 6.45) is 0. The van der Waals surface area contributed by atoms with Gasteiger partial charge in [-0.3, -0.25) is 4.55 Å². The van der Waals surface area contributed by atoms with Crippen molar-refractivity contribution in [2.75, 3.05) is 7.11 Å². The topological polar surface area (TPSA) is 101 Å². The zero-order valence-corrected chi connectivity index (χ0v) is 8.48. The number of carbonyl (C=O) groups excluding carboxylic acids is 1. The molecule has 1 aromatic carbocycles. The van der Waals surface area contributed by atoms with Gasteiger partial charge in [-0.05, 0) is 12.1 Å². The zero-order valence-electron chi connectivity index (χ0n) is 7.67. The molecule has 0 fully saturated rings. The van der Waals surface area contributed by atoms with Gasteiger partial charge in [0.2, 0.25) is 0 Å². The van der Waals surface area contributed by atoms with Gasteiger partial charge in [-0.2, -0.15) is 8.42 Å². The van der Waals surface area contributed by atoms with Crippen molar-refractivity contribution in [3.63, 3.8) is 0 Å². The normalized spacial score (nSPS) is 11.1. The Morgan fingerprint density at radius 1 is 1.40 bits per heavy atom. The molecule has 82 valence electrons. The Hall–Kier alpha value is -1.60. The van der Waals surface area contributed by atoms with Gasteiger partial charge in [-0.25, -0.2) is 4.79 Å². The van der Waals surface area contributed by atoms with Gasteiger partial charge in [0.15, 0.2) is 0 Å².